The lowest BCUT2D eigenvalue weighted by atomic mass is 9.96. The molecule has 0 aliphatic rings. The Balaban J connectivity index is 1.76. The molecule has 2 aromatic heterocycles. The monoisotopic (exact) mass is 432 g/mol. The minimum Gasteiger partial charge on any atom is -0.353 e. The third-order valence-corrected chi connectivity index (χ3v) is 7.29. The Morgan fingerprint density at radius 3 is 1.79 bits per heavy atom. The Morgan fingerprint density at radius 1 is 0.412 bits per heavy atom. The van der Waals surface area contributed by atoms with Crippen LogP contribution >= 0.6 is 0 Å². The van der Waals surface area contributed by atoms with Crippen molar-refractivity contribution in [3.05, 3.63) is 115 Å². The van der Waals surface area contributed by atoms with Gasteiger partial charge >= 0.3 is 0 Å². The molecule has 0 atom stereocenters. The van der Waals surface area contributed by atoms with Crippen molar-refractivity contribution in [1.29, 1.82) is 0 Å². The van der Waals surface area contributed by atoms with Crippen LogP contribution in [0.3, 0.4) is 0 Å². The SMILES string of the molecule is c1ccc(-n2c3c(ccc4c5ccccc5[nH]c43)c3c4ccccc4c4ccccc4c32)cc1. The summed E-state index contributed by atoms with van der Waals surface area (Å²) >= 11 is 0. The predicted octanol–water partition coefficient (Wildman–Crippen LogP) is 8.72. The van der Waals surface area contributed by atoms with Crippen molar-refractivity contribution in [3.8, 4) is 5.69 Å². The molecule has 0 spiro atoms. The van der Waals surface area contributed by atoms with Crippen LogP contribution in [0.15, 0.2) is 115 Å². The van der Waals surface area contributed by atoms with Crippen LogP contribution in [0, 0.1) is 0 Å². The molecule has 8 aromatic rings. The van der Waals surface area contributed by atoms with E-state index in [0.717, 1.165) is 0 Å². The largest absolute Gasteiger partial charge is 0.353 e. The molecule has 0 aliphatic heterocycles. The number of benzene rings is 6. The highest BCUT2D eigenvalue weighted by atomic mass is 15.0. The summed E-state index contributed by atoms with van der Waals surface area (Å²) in [6.45, 7) is 0. The first-order chi connectivity index (χ1) is 16.9. The quantitative estimate of drug-likeness (QED) is 0.250. The lowest BCUT2D eigenvalue weighted by Gasteiger charge is -2.12. The Kier molecular flexibility index (Phi) is 3.42. The summed E-state index contributed by atoms with van der Waals surface area (Å²) in [5, 5.41) is 10.3. The molecule has 0 radical (unpaired) electrons. The number of hydrogen-bond acceptors (Lipinski definition) is 0. The number of rotatable bonds is 1. The molecular weight excluding hydrogens is 412 g/mol. The van der Waals surface area contributed by atoms with Crippen molar-refractivity contribution in [2.45, 2.75) is 0 Å². The van der Waals surface area contributed by atoms with E-state index < -0.39 is 0 Å². The van der Waals surface area contributed by atoms with Gasteiger partial charge in [-0.1, -0.05) is 97.1 Å². The van der Waals surface area contributed by atoms with Crippen LogP contribution in [0.2, 0.25) is 0 Å². The van der Waals surface area contributed by atoms with E-state index in [0.29, 0.717) is 0 Å². The van der Waals surface area contributed by atoms with Gasteiger partial charge in [0.15, 0.2) is 0 Å². The third kappa shape index (κ3) is 2.20. The molecule has 0 fully saturated rings. The first-order valence-corrected chi connectivity index (χ1v) is 11.7. The van der Waals surface area contributed by atoms with Crippen molar-refractivity contribution in [2.24, 2.45) is 0 Å². The zero-order valence-corrected chi connectivity index (χ0v) is 18.4. The molecular formula is C32H20N2. The maximum atomic E-state index is 3.77. The van der Waals surface area contributed by atoms with Crippen LogP contribution in [-0.2, 0) is 0 Å². The highest BCUT2D eigenvalue weighted by Crippen LogP contribution is 2.44. The summed E-state index contributed by atoms with van der Waals surface area (Å²) in [5.74, 6) is 0. The van der Waals surface area contributed by atoms with Gasteiger partial charge in [0.05, 0.1) is 16.6 Å². The van der Waals surface area contributed by atoms with Crippen LogP contribution in [0.25, 0.3) is 70.8 Å². The first-order valence-electron chi connectivity index (χ1n) is 11.7. The maximum absolute atomic E-state index is 3.77. The Labute approximate surface area is 195 Å². The molecule has 0 unspecified atom stereocenters. The topological polar surface area (TPSA) is 20.7 Å². The molecule has 0 saturated heterocycles. The summed E-state index contributed by atoms with van der Waals surface area (Å²) in [5.41, 5.74) is 6.03. The second-order valence-corrected chi connectivity index (χ2v) is 9.04. The third-order valence-electron chi connectivity index (χ3n) is 7.29. The molecule has 1 N–H and O–H groups in total. The molecule has 0 saturated carbocycles. The highest BCUT2D eigenvalue weighted by Gasteiger charge is 2.21. The fourth-order valence-corrected chi connectivity index (χ4v) is 5.91. The van der Waals surface area contributed by atoms with Crippen molar-refractivity contribution < 1.29 is 0 Å². The van der Waals surface area contributed by atoms with Gasteiger partial charge in [-0.05, 0) is 34.4 Å². The van der Waals surface area contributed by atoms with Crippen molar-refractivity contribution in [1.82, 2.24) is 9.55 Å². The van der Waals surface area contributed by atoms with Gasteiger partial charge in [-0.3, -0.25) is 0 Å². The number of para-hydroxylation sites is 2. The minimum absolute atomic E-state index is 1.17. The fraction of sp³-hybridized carbons (Fsp3) is 0. The molecule has 2 nitrogen and oxygen atoms in total. The average molecular weight is 433 g/mol. The lowest BCUT2D eigenvalue weighted by Crippen LogP contribution is -1.95. The minimum atomic E-state index is 1.17. The highest BCUT2D eigenvalue weighted by molar-refractivity contribution is 6.34. The molecule has 158 valence electrons. The molecule has 2 heteroatoms. The van der Waals surface area contributed by atoms with Gasteiger partial charge in [0.25, 0.3) is 0 Å². The molecule has 6 aromatic carbocycles. The van der Waals surface area contributed by atoms with Gasteiger partial charge in [-0.25, -0.2) is 0 Å². The Bertz CT molecular complexity index is 2060. The molecule has 0 bridgehead atoms. The smallest absolute Gasteiger partial charge is 0.0783 e. The zero-order valence-electron chi connectivity index (χ0n) is 18.4. The van der Waals surface area contributed by atoms with Gasteiger partial charge in [0, 0.05) is 38.1 Å². The van der Waals surface area contributed by atoms with Crippen molar-refractivity contribution in [2.75, 3.05) is 0 Å². The summed E-state index contributed by atoms with van der Waals surface area (Å²) in [6, 6.07) is 41.6. The first kappa shape index (κ1) is 17.9. The van der Waals surface area contributed by atoms with Crippen LogP contribution in [0.5, 0.6) is 0 Å². The van der Waals surface area contributed by atoms with Crippen molar-refractivity contribution in [3.63, 3.8) is 0 Å². The van der Waals surface area contributed by atoms with E-state index in [1.54, 1.807) is 0 Å². The van der Waals surface area contributed by atoms with Crippen LogP contribution in [0.1, 0.15) is 0 Å². The van der Waals surface area contributed by atoms with Crippen LogP contribution in [0.4, 0.5) is 0 Å². The summed E-state index contributed by atoms with van der Waals surface area (Å²) in [6.07, 6.45) is 0. The number of nitrogens with zero attached hydrogens (tertiary/aromatic N) is 1. The van der Waals surface area contributed by atoms with Gasteiger partial charge < -0.3 is 9.55 Å². The van der Waals surface area contributed by atoms with Gasteiger partial charge in [0.2, 0.25) is 0 Å². The van der Waals surface area contributed by atoms with E-state index in [-0.39, 0.29) is 0 Å². The second-order valence-electron chi connectivity index (χ2n) is 9.04. The van der Waals surface area contributed by atoms with Crippen molar-refractivity contribution >= 4 is 65.2 Å². The average Bonchev–Trinajstić information content (AvgIpc) is 3.46. The van der Waals surface area contributed by atoms with E-state index >= 15 is 0 Å². The standard InChI is InChI=1S/C32H20N2/c1-2-10-20(11-3-1)34-31-26-16-7-5-13-22(26)21-12-4-6-15-24(21)29(31)27-19-18-25-23-14-8-9-17-28(23)33-30(25)32(27)34/h1-19,33H. The number of hydrogen-bond donors (Lipinski definition) is 1. The normalized spacial score (nSPS) is 12.1. The van der Waals surface area contributed by atoms with Gasteiger partial charge in [0.1, 0.15) is 0 Å². The molecule has 34 heavy (non-hydrogen) atoms. The number of H-pyrrole nitrogens is 1. The van der Waals surface area contributed by atoms with E-state index in [2.05, 4.69) is 125 Å². The Morgan fingerprint density at radius 2 is 1.00 bits per heavy atom. The van der Waals surface area contributed by atoms with E-state index in [1.165, 1.54) is 70.8 Å². The van der Waals surface area contributed by atoms with E-state index in [4.69, 9.17) is 0 Å². The van der Waals surface area contributed by atoms with Gasteiger partial charge in [-0.2, -0.15) is 0 Å². The Hall–Kier alpha value is -4.56. The molecule has 2 heterocycles. The van der Waals surface area contributed by atoms with Crippen LogP contribution in [-0.4, -0.2) is 9.55 Å². The molecule has 0 aliphatic carbocycles. The summed E-state index contributed by atoms with van der Waals surface area (Å²) < 4.78 is 2.47. The van der Waals surface area contributed by atoms with Gasteiger partial charge in [-0.15, -0.1) is 0 Å². The second kappa shape index (κ2) is 6.49. The number of fused-ring (bicyclic) bond motifs is 12. The lowest BCUT2D eigenvalue weighted by molar-refractivity contribution is 1.19. The summed E-state index contributed by atoms with van der Waals surface area (Å²) in [7, 11) is 0. The fourth-order valence-electron chi connectivity index (χ4n) is 5.91. The molecule has 0 amide bonds. The van der Waals surface area contributed by atoms with E-state index in [1.807, 2.05) is 0 Å². The number of aromatic amines is 1. The predicted molar refractivity (Wildman–Crippen MR) is 145 cm³/mol. The summed E-state index contributed by atoms with van der Waals surface area (Å²) in [4.78, 5) is 3.77. The molecule has 8 rings (SSSR count). The maximum Gasteiger partial charge on any atom is 0.0783 e. The zero-order chi connectivity index (χ0) is 22.2. The number of nitrogens with one attached hydrogen (secondary N) is 1. The van der Waals surface area contributed by atoms with Crippen LogP contribution < -0.4 is 0 Å². The number of aromatic nitrogens is 2. The van der Waals surface area contributed by atoms with E-state index in [9.17, 15) is 0 Å².